The summed E-state index contributed by atoms with van der Waals surface area (Å²) in [6.45, 7) is 8.31. The van der Waals surface area contributed by atoms with Crippen molar-refractivity contribution in [1.29, 1.82) is 0 Å². The highest BCUT2D eigenvalue weighted by molar-refractivity contribution is 5.79. The summed E-state index contributed by atoms with van der Waals surface area (Å²) >= 11 is 0. The lowest BCUT2D eigenvalue weighted by molar-refractivity contribution is 0.223. The molecular weight excluding hydrogens is 378 g/mol. The van der Waals surface area contributed by atoms with Crippen LogP contribution in [0.15, 0.2) is 47.6 Å². The molecule has 0 spiro atoms. The summed E-state index contributed by atoms with van der Waals surface area (Å²) in [6, 6.07) is 11.8. The highest BCUT2D eigenvalue weighted by Gasteiger charge is 2.13. The zero-order valence-corrected chi connectivity index (χ0v) is 18.2. The van der Waals surface area contributed by atoms with E-state index < -0.39 is 0 Å². The molecule has 1 aliphatic rings. The van der Waals surface area contributed by atoms with E-state index in [1.165, 1.54) is 12.8 Å². The molecule has 1 atom stereocenters. The Morgan fingerprint density at radius 2 is 1.97 bits per heavy atom. The Bertz CT molecular complexity index is 821. The monoisotopic (exact) mass is 411 g/mol. The number of ether oxygens (including phenoxy) is 2. The Balaban J connectivity index is 1.54. The number of methoxy groups -OCH3 is 1. The Labute approximate surface area is 179 Å². The zero-order valence-electron chi connectivity index (χ0n) is 18.2. The number of aromatic nitrogens is 1. The number of benzene rings is 1. The molecular formula is C23H33N5O2. The van der Waals surface area contributed by atoms with E-state index >= 15 is 0 Å². The average molecular weight is 412 g/mol. The first-order valence-corrected chi connectivity index (χ1v) is 10.7. The number of aliphatic imine (C=N–C) groups is 1. The van der Waals surface area contributed by atoms with Crippen LogP contribution < -0.4 is 25.0 Å². The van der Waals surface area contributed by atoms with Gasteiger partial charge in [-0.05, 0) is 56.5 Å². The molecule has 1 fully saturated rings. The van der Waals surface area contributed by atoms with Crippen molar-refractivity contribution in [3.63, 3.8) is 0 Å². The fourth-order valence-corrected chi connectivity index (χ4v) is 3.38. The quantitative estimate of drug-likeness (QED) is 0.488. The van der Waals surface area contributed by atoms with Crippen molar-refractivity contribution in [3.05, 3.63) is 48.2 Å². The standard InChI is InChI=1S/C23H33N5O2/c1-4-24-23(26-16-18(2)30-21-9-7-8-20(15-21)29-3)27-17-19-10-11-25-22(14-19)28-12-5-6-13-28/h7-11,14-15,18H,4-6,12-13,16-17H2,1-3H3,(H2,24,26,27). The van der Waals surface area contributed by atoms with Crippen LogP contribution >= 0.6 is 0 Å². The highest BCUT2D eigenvalue weighted by atomic mass is 16.5. The summed E-state index contributed by atoms with van der Waals surface area (Å²) in [4.78, 5) is 11.6. The second-order valence-corrected chi connectivity index (χ2v) is 7.40. The molecule has 0 amide bonds. The van der Waals surface area contributed by atoms with Gasteiger partial charge in [0.1, 0.15) is 23.4 Å². The van der Waals surface area contributed by atoms with Gasteiger partial charge >= 0.3 is 0 Å². The third kappa shape index (κ3) is 6.54. The molecule has 1 aromatic heterocycles. The molecule has 0 bridgehead atoms. The molecule has 0 radical (unpaired) electrons. The zero-order chi connectivity index (χ0) is 21.2. The molecule has 30 heavy (non-hydrogen) atoms. The van der Waals surface area contributed by atoms with Gasteiger partial charge in [0.25, 0.3) is 0 Å². The maximum Gasteiger partial charge on any atom is 0.191 e. The number of guanidine groups is 1. The molecule has 2 N–H and O–H groups in total. The Morgan fingerprint density at radius 1 is 1.17 bits per heavy atom. The van der Waals surface area contributed by atoms with Gasteiger partial charge in [-0.25, -0.2) is 9.98 Å². The second kappa shape index (κ2) is 11.3. The Morgan fingerprint density at radius 3 is 2.73 bits per heavy atom. The van der Waals surface area contributed by atoms with Crippen molar-refractivity contribution < 1.29 is 9.47 Å². The molecule has 0 saturated carbocycles. The largest absolute Gasteiger partial charge is 0.497 e. The molecule has 1 saturated heterocycles. The van der Waals surface area contributed by atoms with Crippen LogP contribution in [0.1, 0.15) is 32.3 Å². The molecule has 2 heterocycles. The van der Waals surface area contributed by atoms with Crippen LogP contribution in [-0.2, 0) is 6.54 Å². The first kappa shape index (κ1) is 21.7. The molecule has 7 heteroatoms. The molecule has 162 valence electrons. The normalized spacial score (nSPS) is 15.0. The van der Waals surface area contributed by atoms with Gasteiger partial charge < -0.3 is 25.0 Å². The Hall–Kier alpha value is -2.96. The van der Waals surface area contributed by atoms with E-state index in [2.05, 4.69) is 33.5 Å². The van der Waals surface area contributed by atoms with Crippen molar-refractivity contribution in [1.82, 2.24) is 15.6 Å². The summed E-state index contributed by atoms with van der Waals surface area (Å²) in [5.41, 5.74) is 1.16. The minimum Gasteiger partial charge on any atom is -0.497 e. The van der Waals surface area contributed by atoms with Crippen LogP contribution in [0.5, 0.6) is 11.5 Å². The number of nitrogens with zero attached hydrogens (tertiary/aromatic N) is 3. The third-order valence-electron chi connectivity index (χ3n) is 4.94. The van der Waals surface area contributed by atoms with E-state index in [-0.39, 0.29) is 6.10 Å². The number of nitrogens with one attached hydrogen (secondary N) is 2. The summed E-state index contributed by atoms with van der Waals surface area (Å²) < 4.78 is 11.2. The lowest BCUT2D eigenvalue weighted by Gasteiger charge is -2.18. The first-order valence-electron chi connectivity index (χ1n) is 10.7. The molecule has 0 aliphatic carbocycles. The maximum absolute atomic E-state index is 5.98. The summed E-state index contributed by atoms with van der Waals surface area (Å²) in [7, 11) is 1.65. The van der Waals surface area contributed by atoms with Crippen LogP contribution in [0.25, 0.3) is 0 Å². The van der Waals surface area contributed by atoms with Crippen molar-refractivity contribution >= 4 is 11.8 Å². The number of hydrogen-bond acceptors (Lipinski definition) is 5. The second-order valence-electron chi connectivity index (χ2n) is 7.40. The van der Waals surface area contributed by atoms with Gasteiger partial charge in [0.15, 0.2) is 5.96 Å². The van der Waals surface area contributed by atoms with E-state index in [0.29, 0.717) is 13.1 Å². The van der Waals surface area contributed by atoms with E-state index in [0.717, 1.165) is 48.5 Å². The minimum absolute atomic E-state index is 0.0244. The van der Waals surface area contributed by atoms with Crippen LogP contribution in [0.2, 0.25) is 0 Å². The molecule has 1 aliphatic heterocycles. The van der Waals surface area contributed by atoms with E-state index in [4.69, 9.17) is 14.5 Å². The van der Waals surface area contributed by atoms with Crippen molar-refractivity contribution in [3.8, 4) is 11.5 Å². The van der Waals surface area contributed by atoms with Crippen LogP contribution in [0, 0.1) is 0 Å². The van der Waals surface area contributed by atoms with Crippen molar-refractivity contribution in [2.24, 2.45) is 4.99 Å². The molecule has 3 rings (SSSR count). The minimum atomic E-state index is -0.0244. The number of pyridine rings is 1. The smallest absolute Gasteiger partial charge is 0.191 e. The highest BCUT2D eigenvalue weighted by Crippen LogP contribution is 2.20. The fraction of sp³-hybridized carbons (Fsp3) is 0.478. The first-order chi connectivity index (χ1) is 14.7. The van der Waals surface area contributed by atoms with E-state index in [1.807, 2.05) is 43.5 Å². The number of hydrogen-bond donors (Lipinski definition) is 2. The molecule has 2 aromatic rings. The summed E-state index contributed by atoms with van der Waals surface area (Å²) in [5, 5.41) is 6.66. The van der Waals surface area contributed by atoms with E-state index in [9.17, 15) is 0 Å². The lowest BCUT2D eigenvalue weighted by atomic mass is 10.2. The fourth-order valence-electron chi connectivity index (χ4n) is 3.38. The predicted octanol–water partition coefficient (Wildman–Crippen LogP) is 3.21. The van der Waals surface area contributed by atoms with Gasteiger partial charge in [-0.3, -0.25) is 0 Å². The van der Waals surface area contributed by atoms with Gasteiger partial charge in [0, 0.05) is 31.9 Å². The van der Waals surface area contributed by atoms with E-state index in [1.54, 1.807) is 7.11 Å². The third-order valence-corrected chi connectivity index (χ3v) is 4.94. The molecule has 1 unspecified atom stereocenters. The topological polar surface area (TPSA) is 71.0 Å². The van der Waals surface area contributed by atoms with Gasteiger partial charge in [0.2, 0.25) is 0 Å². The molecule has 1 aromatic carbocycles. The number of anilines is 1. The maximum atomic E-state index is 5.98. The van der Waals surface area contributed by atoms with Crippen LogP contribution in [0.4, 0.5) is 5.82 Å². The van der Waals surface area contributed by atoms with Gasteiger partial charge in [-0.1, -0.05) is 6.07 Å². The molecule has 7 nitrogen and oxygen atoms in total. The van der Waals surface area contributed by atoms with Gasteiger partial charge in [-0.15, -0.1) is 0 Å². The van der Waals surface area contributed by atoms with Gasteiger partial charge in [0.05, 0.1) is 20.2 Å². The summed E-state index contributed by atoms with van der Waals surface area (Å²) in [6.07, 6.45) is 4.34. The predicted molar refractivity (Wildman–Crippen MR) is 122 cm³/mol. The van der Waals surface area contributed by atoms with Crippen LogP contribution in [0.3, 0.4) is 0 Å². The Kier molecular flexibility index (Phi) is 8.18. The number of rotatable bonds is 9. The summed E-state index contributed by atoms with van der Waals surface area (Å²) in [5.74, 6) is 3.40. The van der Waals surface area contributed by atoms with Gasteiger partial charge in [-0.2, -0.15) is 0 Å². The lowest BCUT2D eigenvalue weighted by Crippen LogP contribution is -2.41. The van der Waals surface area contributed by atoms with Crippen molar-refractivity contribution in [2.75, 3.05) is 38.2 Å². The average Bonchev–Trinajstić information content (AvgIpc) is 3.31. The van der Waals surface area contributed by atoms with Crippen LogP contribution in [-0.4, -0.2) is 50.3 Å². The SMILES string of the molecule is CCNC(=NCc1ccnc(N2CCCC2)c1)NCC(C)Oc1cccc(OC)c1. The van der Waals surface area contributed by atoms with Crippen molar-refractivity contribution in [2.45, 2.75) is 39.3 Å².